The molecule has 1 fully saturated rings. The van der Waals surface area contributed by atoms with E-state index < -0.39 is 44.5 Å². The van der Waals surface area contributed by atoms with Gasteiger partial charge in [0.05, 0.1) is 0 Å². The number of aliphatic hydroxyl groups excluding tert-OH is 2. The summed E-state index contributed by atoms with van der Waals surface area (Å²) in [6.45, 7) is 4.23. The molecule has 0 unspecified atom stereocenters. The Labute approximate surface area is 213 Å². The molecule has 0 spiro atoms. The number of halogens is 2. The van der Waals surface area contributed by atoms with Gasteiger partial charge in [-0.05, 0) is 0 Å². The molecule has 192 valence electrons. The molecule has 2 aromatic carbocycles. The van der Waals surface area contributed by atoms with E-state index in [4.69, 9.17) is 14.2 Å². The van der Waals surface area contributed by atoms with Gasteiger partial charge in [0, 0.05) is 0 Å². The summed E-state index contributed by atoms with van der Waals surface area (Å²) in [7, 11) is 1.65. The Morgan fingerprint density at radius 1 is 1.17 bits per heavy atom. The van der Waals surface area contributed by atoms with E-state index in [-0.39, 0.29) is 18.3 Å². The normalized spacial score (nSPS) is 26.3. The number of methoxy groups -OCH3 is 1. The fourth-order valence-corrected chi connectivity index (χ4v) is 11.1. The Morgan fingerprint density at radius 3 is 2.60 bits per heavy atom. The van der Waals surface area contributed by atoms with Gasteiger partial charge in [0.2, 0.25) is 0 Å². The van der Waals surface area contributed by atoms with Crippen molar-refractivity contribution < 1.29 is 28.8 Å². The maximum absolute atomic E-state index is 14.1. The zero-order chi connectivity index (χ0) is 24.9. The molecule has 8 heteroatoms. The van der Waals surface area contributed by atoms with Gasteiger partial charge in [-0.3, -0.25) is 0 Å². The van der Waals surface area contributed by atoms with Crippen LogP contribution in [0.4, 0.5) is 4.39 Å². The van der Waals surface area contributed by atoms with Gasteiger partial charge in [-0.2, -0.15) is 0 Å². The third-order valence-corrected chi connectivity index (χ3v) is 12.9. The fourth-order valence-electron chi connectivity index (χ4n) is 4.62. The van der Waals surface area contributed by atoms with Gasteiger partial charge in [0.25, 0.3) is 0 Å². The molecule has 0 saturated carbocycles. The Kier molecular flexibility index (Phi) is 9.18. The number of allylic oxidation sites excluding steroid dienone is 1. The number of aliphatic hydroxyl groups is 2. The molecule has 0 aromatic heterocycles. The molecule has 1 saturated heterocycles. The standard InChI is InChI=1S/C27H35FINO5/c1-17(2)26-24(11-18-7-9-22(33-3)10-8-18)27(35-25-14-21(32)13-23(15-31)34-25)30-16-29(26)20-6-4-5-19(28)12-20/h4-10,12,17,21,23,25,27,30-32H,11,13-16H2,1-3H3/t21-,23-,25-,27+/m0/s1. The summed E-state index contributed by atoms with van der Waals surface area (Å²) in [6.07, 6.45) is -0.612. The van der Waals surface area contributed by atoms with Crippen LogP contribution in [0.25, 0.3) is 0 Å². The first-order valence-electron chi connectivity index (χ1n) is 12.0. The van der Waals surface area contributed by atoms with Crippen molar-refractivity contribution in [1.82, 2.24) is 5.32 Å². The van der Waals surface area contributed by atoms with E-state index in [2.05, 4.69) is 31.3 Å². The third-order valence-electron chi connectivity index (χ3n) is 6.21. The van der Waals surface area contributed by atoms with Crippen LogP contribution in [0.1, 0.15) is 32.3 Å². The van der Waals surface area contributed by atoms with Crippen LogP contribution in [0.15, 0.2) is 57.7 Å². The quantitative estimate of drug-likeness (QED) is 0.237. The third kappa shape index (κ3) is 6.61. The Balaban J connectivity index is 1.70. The Morgan fingerprint density at radius 2 is 1.94 bits per heavy atom. The zero-order valence-corrected chi connectivity index (χ0v) is 22.6. The first-order chi connectivity index (χ1) is 16.9. The summed E-state index contributed by atoms with van der Waals surface area (Å²) in [5.74, 6) is 0.861. The topological polar surface area (TPSA) is 80.2 Å². The molecule has 2 aliphatic heterocycles. The fraction of sp³-hybridized carbons (Fsp3) is 0.481. The molecule has 4 atom stereocenters. The molecular formula is C27H35FINO5. The van der Waals surface area contributed by atoms with Crippen molar-refractivity contribution in [3.8, 4) is 5.75 Å². The summed E-state index contributed by atoms with van der Waals surface area (Å²) in [5, 5.41) is 23.4. The van der Waals surface area contributed by atoms with Crippen molar-refractivity contribution in [3.63, 3.8) is 0 Å². The molecule has 2 heterocycles. The molecular weight excluding hydrogens is 564 g/mol. The molecule has 2 aromatic rings. The molecule has 3 N–H and O–H groups in total. The van der Waals surface area contributed by atoms with Crippen LogP contribution in [-0.4, -0.2) is 53.2 Å². The molecule has 0 amide bonds. The van der Waals surface area contributed by atoms with Crippen molar-refractivity contribution in [2.45, 2.75) is 57.8 Å². The van der Waals surface area contributed by atoms with Crippen molar-refractivity contribution in [3.05, 3.63) is 72.6 Å². The molecule has 35 heavy (non-hydrogen) atoms. The average molecular weight is 599 g/mol. The molecule has 0 aliphatic carbocycles. The van der Waals surface area contributed by atoms with Crippen LogP contribution < -0.4 is 10.1 Å². The summed E-state index contributed by atoms with van der Waals surface area (Å²) in [4.78, 5) is 0. The number of ether oxygens (including phenoxy) is 3. The number of nitrogens with one attached hydrogen (secondary N) is 1. The molecule has 4 rings (SSSR count). The van der Waals surface area contributed by atoms with E-state index in [1.54, 1.807) is 19.2 Å². The van der Waals surface area contributed by atoms with Crippen LogP contribution in [0, 0.1) is 15.3 Å². The van der Waals surface area contributed by atoms with E-state index in [0.29, 0.717) is 19.3 Å². The van der Waals surface area contributed by atoms with Gasteiger partial charge in [-0.15, -0.1) is 0 Å². The first kappa shape index (κ1) is 26.5. The van der Waals surface area contributed by atoms with Gasteiger partial charge in [-0.1, -0.05) is 0 Å². The van der Waals surface area contributed by atoms with Gasteiger partial charge in [0.1, 0.15) is 0 Å². The van der Waals surface area contributed by atoms with Crippen molar-refractivity contribution >= 4 is 19.8 Å². The van der Waals surface area contributed by atoms with Gasteiger partial charge < -0.3 is 0 Å². The van der Waals surface area contributed by atoms with E-state index in [9.17, 15) is 14.6 Å². The van der Waals surface area contributed by atoms with Crippen LogP contribution in [-0.2, 0) is 15.9 Å². The monoisotopic (exact) mass is 599 g/mol. The minimum absolute atomic E-state index is 0.157. The van der Waals surface area contributed by atoms with E-state index in [1.807, 2.05) is 18.2 Å². The van der Waals surface area contributed by atoms with Crippen LogP contribution in [0.3, 0.4) is 0 Å². The summed E-state index contributed by atoms with van der Waals surface area (Å²) >= 11 is -1.95. The van der Waals surface area contributed by atoms with Crippen molar-refractivity contribution in [1.29, 1.82) is 0 Å². The predicted molar refractivity (Wildman–Crippen MR) is 142 cm³/mol. The molecule has 0 bridgehead atoms. The molecule has 0 radical (unpaired) electrons. The average Bonchev–Trinajstić information content (AvgIpc) is 2.84. The molecule has 6 nitrogen and oxygen atoms in total. The van der Waals surface area contributed by atoms with Crippen LogP contribution in [0.2, 0.25) is 0 Å². The number of hydrogen-bond acceptors (Lipinski definition) is 6. The molecule has 2 aliphatic rings. The summed E-state index contributed by atoms with van der Waals surface area (Å²) in [5.41, 5.74) is 2.28. The van der Waals surface area contributed by atoms with E-state index in [1.165, 1.54) is 9.65 Å². The zero-order valence-electron chi connectivity index (χ0n) is 20.4. The van der Waals surface area contributed by atoms with Gasteiger partial charge >= 0.3 is 214 Å². The number of rotatable bonds is 8. The van der Waals surface area contributed by atoms with E-state index in [0.717, 1.165) is 25.0 Å². The minimum atomic E-state index is -1.95. The Hall–Kier alpha value is -1.56. The summed E-state index contributed by atoms with van der Waals surface area (Å²) < 4.78 is 35.0. The Bertz CT molecular complexity index is 1010. The van der Waals surface area contributed by atoms with Crippen LogP contribution >= 0.6 is 19.8 Å². The predicted octanol–water partition coefficient (Wildman–Crippen LogP) is 4.42. The number of alkyl halides is 1. The SMILES string of the molecule is COc1ccc(CC2=C(C(C)C)I(c3cccc(F)c3)CN[C@@H]2O[C@H]2C[C@@H](O)C[C@@H](CO)O2)cc1. The second-order valence-electron chi connectivity index (χ2n) is 9.20. The second kappa shape index (κ2) is 12.1. The number of benzene rings is 2. The van der Waals surface area contributed by atoms with Crippen molar-refractivity contribution in [2.24, 2.45) is 5.92 Å². The van der Waals surface area contributed by atoms with E-state index >= 15 is 0 Å². The van der Waals surface area contributed by atoms with Crippen LogP contribution in [0.5, 0.6) is 5.75 Å². The number of hydrogen-bond donors (Lipinski definition) is 3. The maximum atomic E-state index is 14.1. The second-order valence-corrected chi connectivity index (χ2v) is 14.4. The van der Waals surface area contributed by atoms with Crippen molar-refractivity contribution in [2.75, 3.05) is 18.3 Å². The van der Waals surface area contributed by atoms with Gasteiger partial charge in [-0.25, -0.2) is 0 Å². The van der Waals surface area contributed by atoms with Gasteiger partial charge in [0.15, 0.2) is 0 Å². The first-order valence-corrected chi connectivity index (χ1v) is 15.7. The summed E-state index contributed by atoms with van der Waals surface area (Å²) in [6, 6.07) is 15.0.